The van der Waals surface area contributed by atoms with E-state index >= 15 is 0 Å². The van der Waals surface area contributed by atoms with Crippen LogP contribution in [-0.2, 0) is 34.7 Å². The minimum absolute atomic E-state index is 0.114. The van der Waals surface area contributed by atoms with Crippen molar-refractivity contribution in [2.45, 2.75) is 45.4 Å². The standard InChI is InChI=1S/C22H19N2O4/c1-3-12-13-7-5-6-8-17(13)23-19-14(12)10-24-18(19)9-16-15(20(24)25)11-28-21(26)22(16,27)4-2/h6-9,27H,3-4,10-11H2,1-2H3/t22-/m0/s1. The van der Waals surface area contributed by atoms with E-state index in [-0.39, 0.29) is 18.6 Å². The van der Waals surface area contributed by atoms with Crippen molar-refractivity contribution in [1.82, 2.24) is 9.55 Å². The van der Waals surface area contributed by atoms with Crippen LogP contribution in [0.1, 0.15) is 42.5 Å². The SMILES string of the molecule is CCc1c2c(nc3cc[c]cc13)-c1cc3c(c(=O)n1C2)COC(=O)[C@]3(O)CC. The second kappa shape index (κ2) is 5.75. The third-order valence-corrected chi connectivity index (χ3v) is 6.00. The Bertz CT molecular complexity index is 1230. The zero-order valence-corrected chi connectivity index (χ0v) is 15.7. The number of carbonyl (C=O) groups is 1. The van der Waals surface area contributed by atoms with Gasteiger partial charge in [0.15, 0.2) is 5.60 Å². The molecule has 2 aliphatic rings. The Morgan fingerprint density at radius 3 is 2.89 bits per heavy atom. The number of ether oxygens (including phenoxy) is 1. The fourth-order valence-corrected chi connectivity index (χ4v) is 4.45. The first kappa shape index (κ1) is 17.1. The maximum atomic E-state index is 13.2. The number of hydrogen-bond donors (Lipinski definition) is 1. The summed E-state index contributed by atoms with van der Waals surface area (Å²) < 4.78 is 6.79. The number of aromatic nitrogens is 2. The molecule has 0 saturated heterocycles. The highest BCUT2D eigenvalue weighted by Crippen LogP contribution is 2.40. The van der Waals surface area contributed by atoms with Crippen LogP contribution in [0.15, 0.2) is 29.1 Å². The Hall–Kier alpha value is -2.99. The highest BCUT2D eigenvalue weighted by atomic mass is 16.6. The Morgan fingerprint density at radius 1 is 1.32 bits per heavy atom. The Kier molecular flexibility index (Phi) is 3.52. The summed E-state index contributed by atoms with van der Waals surface area (Å²) in [7, 11) is 0. The van der Waals surface area contributed by atoms with Crippen LogP contribution in [-0.4, -0.2) is 20.6 Å². The summed E-state index contributed by atoms with van der Waals surface area (Å²) >= 11 is 0. The molecule has 1 aromatic carbocycles. The van der Waals surface area contributed by atoms with Crippen LogP contribution in [0.4, 0.5) is 0 Å². The van der Waals surface area contributed by atoms with E-state index in [2.05, 4.69) is 13.0 Å². The van der Waals surface area contributed by atoms with Crippen molar-refractivity contribution in [3.63, 3.8) is 0 Å². The number of nitrogens with zero attached hydrogens (tertiary/aromatic N) is 2. The van der Waals surface area contributed by atoms with Crippen molar-refractivity contribution >= 4 is 16.9 Å². The number of aryl methyl sites for hydroxylation is 1. The summed E-state index contributed by atoms with van der Waals surface area (Å²) in [6.45, 7) is 4.10. The second-order valence-electron chi connectivity index (χ2n) is 7.32. The lowest BCUT2D eigenvalue weighted by Gasteiger charge is -2.31. The normalized spacial score (nSPS) is 19.9. The van der Waals surface area contributed by atoms with E-state index in [0.717, 1.165) is 34.1 Å². The summed E-state index contributed by atoms with van der Waals surface area (Å²) in [5.41, 5.74) is 3.05. The summed E-state index contributed by atoms with van der Waals surface area (Å²) in [6.07, 6.45) is 0.942. The smallest absolute Gasteiger partial charge is 0.343 e. The molecule has 0 aliphatic carbocycles. The van der Waals surface area contributed by atoms with Crippen LogP contribution in [0, 0.1) is 6.07 Å². The van der Waals surface area contributed by atoms with Gasteiger partial charge in [-0.25, -0.2) is 9.78 Å². The van der Waals surface area contributed by atoms with E-state index in [1.165, 1.54) is 0 Å². The number of cyclic esters (lactones) is 1. The van der Waals surface area contributed by atoms with Crippen LogP contribution in [0.25, 0.3) is 22.3 Å². The molecule has 0 fully saturated rings. The van der Waals surface area contributed by atoms with Crippen molar-refractivity contribution in [3.05, 3.63) is 62.9 Å². The number of rotatable bonds is 2. The van der Waals surface area contributed by atoms with Crippen LogP contribution in [0.2, 0.25) is 0 Å². The molecular formula is C22H19N2O4. The van der Waals surface area contributed by atoms with Gasteiger partial charge in [-0.2, -0.15) is 0 Å². The number of aliphatic hydroxyl groups is 1. The molecule has 1 radical (unpaired) electrons. The molecule has 141 valence electrons. The highest BCUT2D eigenvalue weighted by molar-refractivity contribution is 5.88. The van der Waals surface area contributed by atoms with E-state index in [1.807, 2.05) is 18.2 Å². The van der Waals surface area contributed by atoms with Crippen molar-refractivity contribution in [3.8, 4) is 11.4 Å². The van der Waals surface area contributed by atoms with E-state index < -0.39 is 11.6 Å². The topological polar surface area (TPSA) is 81.4 Å². The average molecular weight is 375 g/mol. The molecule has 0 spiro atoms. The third kappa shape index (κ3) is 2.04. The van der Waals surface area contributed by atoms with Crippen LogP contribution >= 0.6 is 0 Å². The summed E-state index contributed by atoms with van der Waals surface area (Å²) in [5, 5.41) is 12.0. The van der Waals surface area contributed by atoms with E-state index in [1.54, 1.807) is 17.6 Å². The first-order valence-corrected chi connectivity index (χ1v) is 9.48. The zero-order chi connectivity index (χ0) is 19.6. The van der Waals surface area contributed by atoms with Gasteiger partial charge in [0, 0.05) is 16.5 Å². The predicted octanol–water partition coefficient (Wildman–Crippen LogP) is 2.44. The molecule has 28 heavy (non-hydrogen) atoms. The maximum Gasteiger partial charge on any atom is 0.343 e. The van der Waals surface area contributed by atoms with Gasteiger partial charge in [-0.05, 0) is 42.7 Å². The molecule has 0 unspecified atom stereocenters. The molecule has 2 aliphatic heterocycles. The second-order valence-corrected chi connectivity index (χ2v) is 7.32. The Balaban J connectivity index is 1.84. The first-order chi connectivity index (χ1) is 13.5. The number of fused-ring (bicyclic) bond motifs is 5. The van der Waals surface area contributed by atoms with Gasteiger partial charge >= 0.3 is 5.97 Å². The summed E-state index contributed by atoms with van der Waals surface area (Å²) in [4.78, 5) is 30.3. The molecule has 0 bridgehead atoms. The molecule has 0 saturated carbocycles. The predicted molar refractivity (Wildman–Crippen MR) is 103 cm³/mol. The van der Waals surface area contributed by atoms with Crippen LogP contribution in [0.3, 0.4) is 0 Å². The van der Waals surface area contributed by atoms with E-state index in [4.69, 9.17) is 9.72 Å². The number of benzene rings is 1. The number of pyridine rings is 2. The van der Waals surface area contributed by atoms with Crippen molar-refractivity contribution in [2.24, 2.45) is 0 Å². The molecule has 1 N–H and O–H groups in total. The van der Waals surface area contributed by atoms with E-state index in [9.17, 15) is 14.7 Å². The van der Waals surface area contributed by atoms with Crippen molar-refractivity contribution in [1.29, 1.82) is 0 Å². The first-order valence-electron chi connectivity index (χ1n) is 9.48. The molecule has 3 aromatic rings. The van der Waals surface area contributed by atoms with Gasteiger partial charge in [0.25, 0.3) is 5.56 Å². The zero-order valence-electron chi connectivity index (χ0n) is 15.7. The minimum atomic E-state index is -1.80. The lowest BCUT2D eigenvalue weighted by molar-refractivity contribution is -0.172. The molecule has 5 rings (SSSR count). The van der Waals surface area contributed by atoms with Crippen molar-refractivity contribution < 1.29 is 14.6 Å². The van der Waals surface area contributed by atoms with Gasteiger partial charge in [0.2, 0.25) is 0 Å². The molecule has 1 atom stereocenters. The van der Waals surface area contributed by atoms with Gasteiger partial charge in [-0.1, -0.05) is 19.9 Å². The van der Waals surface area contributed by atoms with E-state index in [0.29, 0.717) is 23.4 Å². The molecule has 2 aromatic heterocycles. The summed E-state index contributed by atoms with van der Waals surface area (Å²) in [5.74, 6) is -0.707. The monoisotopic (exact) mass is 375 g/mol. The van der Waals surface area contributed by atoms with Crippen LogP contribution in [0.5, 0.6) is 0 Å². The van der Waals surface area contributed by atoms with Crippen LogP contribution < -0.4 is 5.56 Å². The fraction of sp³-hybridized carbons (Fsp3) is 0.318. The van der Waals surface area contributed by atoms with Gasteiger partial charge in [-0.3, -0.25) is 4.79 Å². The Labute approximate surface area is 161 Å². The number of esters is 1. The fourth-order valence-electron chi connectivity index (χ4n) is 4.45. The van der Waals surface area contributed by atoms with Gasteiger partial charge in [0.05, 0.1) is 29.0 Å². The maximum absolute atomic E-state index is 13.2. The van der Waals surface area contributed by atoms with Gasteiger partial charge in [-0.15, -0.1) is 0 Å². The lowest BCUT2D eigenvalue weighted by atomic mass is 9.86. The molecule has 6 heteroatoms. The molecule has 6 nitrogen and oxygen atoms in total. The van der Waals surface area contributed by atoms with Crippen molar-refractivity contribution in [2.75, 3.05) is 0 Å². The van der Waals surface area contributed by atoms with Gasteiger partial charge in [0.1, 0.15) is 6.61 Å². The Morgan fingerprint density at radius 2 is 2.14 bits per heavy atom. The molecule has 4 heterocycles. The molecule has 0 amide bonds. The van der Waals surface area contributed by atoms with Gasteiger partial charge < -0.3 is 14.4 Å². The quantitative estimate of drug-likeness (QED) is 0.544. The number of hydrogen-bond acceptors (Lipinski definition) is 5. The average Bonchev–Trinajstić information content (AvgIpc) is 3.08. The molecular weight excluding hydrogens is 356 g/mol. The minimum Gasteiger partial charge on any atom is -0.458 e. The lowest BCUT2D eigenvalue weighted by Crippen LogP contribution is -2.44. The largest absolute Gasteiger partial charge is 0.458 e. The highest BCUT2D eigenvalue weighted by Gasteiger charge is 2.45. The summed E-state index contributed by atoms with van der Waals surface area (Å²) in [6, 6.07) is 10.5. The number of carbonyl (C=O) groups excluding carboxylic acids is 1. The third-order valence-electron chi connectivity index (χ3n) is 6.00.